The highest BCUT2D eigenvalue weighted by Gasteiger charge is 2.84. The summed E-state index contributed by atoms with van der Waals surface area (Å²) in [5, 5.41) is 10.1. The Labute approximate surface area is 241 Å². The van der Waals surface area contributed by atoms with E-state index in [1.54, 1.807) is 12.2 Å². The first kappa shape index (κ1) is 30.1. The van der Waals surface area contributed by atoms with Crippen molar-refractivity contribution in [2.24, 2.45) is 45.8 Å². The minimum absolute atomic E-state index is 0.0452. The SMILES string of the molecule is CC(C)C1=C[C@@H]2C[C@]3(C=O)[C@@H]4CC[C@@H](C)[C@H]4C[C@@]2(CO[C@H]2C=C[C@H](O)[C@@H](C)O2)[C@]13C(=O)OCOCC[Si](C)(C)C. The quantitative estimate of drug-likeness (QED) is 0.0887. The predicted octanol–water partition coefficient (Wildman–Crippen LogP) is 5.36. The molecule has 224 valence electrons. The Morgan fingerprint density at radius 1 is 1.20 bits per heavy atom. The van der Waals surface area contributed by atoms with Crippen molar-refractivity contribution in [3.8, 4) is 0 Å². The molecule has 0 aromatic rings. The topological polar surface area (TPSA) is 91.3 Å². The van der Waals surface area contributed by atoms with E-state index < -0.39 is 36.7 Å². The molecule has 0 spiro atoms. The van der Waals surface area contributed by atoms with Crippen molar-refractivity contribution in [1.29, 1.82) is 0 Å². The van der Waals surface area contributed by atoms with E-state index in [1.807, 2.05) is 6.92 Å². The molecule has 7 nitrogen and oxygen atoms in total. The van der Waals surface area contributed by atoms with Gasteiger partial charge in [-0.25, -0.2) is 0 Å². The zero-order chi connectivity index (χ0) is 29.1. The van der Waals surface area contributed by atoms with Gasteiger partial charge in [0.05, 0.1) is 24.2 Å². The number of hydrogen-bond acceptors (Lipinski definition) is 7. The van der Waals surface area contributed by atoms with E-state index in [4.69, 9.17) is 18.9 Å². The van der Waals surface area contributed by atoms with E-state index in [1.165, 1.54) is 0 Å². The Hall–Kier alpha value is -1.32. The Morgan fingerprint density at radius 2 is 1.95 bits per heavy atom. The fourth-order valence-corrected chi connectivity index (χ4v) is 10.0. The van der Waals surface area contributed by atoms with Gasteiger partial charge in [-0.05, 0) is 67.9 Å². The molecular formula is C32H50O7Si. The van der Waals surface area contributed by atoms with Gasteiger partial charge in [-0.2, -0.15) is 0 Å². The molecule has 8 heteroatoms. The molecule has 5 rings (SSSR count). The Kier molecular flexibility index (Phi) is 8.10. The van der Waals surface area contributed by atoms with Crippen molar-refractivity contribution in [3.05, 3.63) is 23.8 Å². The van der Waals surface area contributed by atoms with Gasteiger partial charge in [0, 0.05) is 20.1 Å². The summed E-state index contributed by atoms with van der Waals surface area (Å²) in [6.45, 7) is 16.0. The summed E-state index contributed by atoms with van der Waals surface area (Å²) in [7, 11) is -1.28. The molecule has 5 aliphatic rings. The molecule has 0 aromatic carbocycles. The van der Waals surface area contributed by atoms with Crippen LogP contribution < -0.4 is 0 Å². The van der Waals surface area contributed by atoms with Crippen molar-refractivity contribution >= 4 is 20.3 Å². The number of hydrogen-bond donors (Lipinski definition) is 1. The standard InChI is InChI=1S/C32H50O7Si/c1-20(2)26-14-23-15-30(17-33)25-9-8-21(3)24(25)16-31(23,18-37-28-11-10-27(34)22(4)39-28)32(26,30)29(35)38-19-36-12-13-40(5,6)7/h10-11,14,17,20-25,27-28,34H,8-9,12-13,15-16,18-19H2,1-7H3/t21-,22-,23-,24-,25-,27+,28-,30+,31+,32+/m1/s1. The summed E-state index contributed by atoms with van der Waals surface area (Å²) in [4.78, 5) is 28.2. The van der Waals surface area contributed by atoms with Crippen LogP contribution in [0.25, 0.3) is 0 Å². The number of aldehydes is 1. The van der Waals surface area contributed by atoms with E-state index in [9.17, 15) is 14.7 Å². The lowest BCUT2D eigenvalue weighted by atomic mass is 9.43. The van der Waals surface area contributed by atoms with Crippen LogP contribution in [0.3, 0.4) is 0 Å². The van der Waals surface area contributed by atoms with Crippen molar-refractivity contribution in [3.63, 3.8) is 0 Å². The van der Waals surface area contributed by atoms with Gasteiger partial charge in [-0.15, -0.1) is 0 Å². The van der Waals surface area contributed by atoms with Crippen LogP contribution >= 0.6 is 0 Å². The van der Waals surface area contributed by atoms with Crippen molar-refractivity contribution in [2.75, 3.05) is 20.0 Å². The molecule has 3 fully saturated rings. The average molecular weight is 575 g/mol. The fraction of sp³-hybridized carbons (Fsp3) is 0.812. The maximum atomic E-state index is 14.7. The van der Waals surface area contributed by atoms with Gasteiger partial charge in [0.2, 0.25) is 0 Å². The van der Waals surface area contributed by atoms with Crippen LogP contribution in [0.15, 0.2) is 23.8 Å². The number of carbonyl (C=O) groups excluding carboxylic acids is 2. The van der Waals surface area contributed by atoms with E-state index in [0.29, 0.717) is 31.5 Å². The molecule has 40 heavy (non-hydrogen) atoms. The number of carbonyl (C=O) groups is 2. The second kappa shape index (κ2) is 10.7. The normalized spacial score (nSPS) is 43.6. The van der Waals surface area contributed by atoms with Crippen molar-refractivity contribution < 1.29 is 33.6 Å². The lowest BCUT2D eigenvalue weighted by molar-refractivity contribution is -0.219. The lowest BCUT2D eigenvalue weighted by Crippen LogP contribution is -2.64. The molecule has 0 aromatic heterocycles. The summed E-state index contributed by atoms with van der Waals surface area (Å²) in [6, 6.07) is 0.995. The van der Waals surface area contributed by atoms with Crippen molar-refractivity contribution in [2.45, 2.75) is 97.6 Å². The molecule has 0 amide bonds. The smallest absolute Gasteiger partial charge is 0.320 e. The third kappa shape index (κ3) is 4.43. The van der Waals surface area contributed by atoms with Crippen LogP contribution in [0.2, 0.25) is 25.7 Å². The van der Waals surface area contributed by atoms with Gasteiger partial charge < -0.3 is 28.8 Å². The third-order valence-electron chi connectivity index (χ3n) is 11.2. The predicted molar refractivity (Wildman–Crippen MR) is 155 cm³/mol. The first-order valence-corrected chi connectivity index (χ1v) is 19.1. The Morgan fingerprint density at radius 3 is 2.60 bits per heavy atom. The van der Waals surface area contributed by atoms with E-state index in [-0.39, 0.29) is 36.6 Å². The van der Waals surface area contributed by atoms with Crippen LogP contribution in [0.4, 0.5) is 0 Å². The second-order valence-electron chi connectivity index (χ2n) is 14.8. The van der Waals surface area contributed by atoms with Gasteiger partial charge in [0.25, 0.3) is 0 Å². The van der Waals surface area contributed by atoms with Gasteiger partial charge in [-0.3, -0.25) is 4.79 Å². The van der Waals surface area contributed by atoms with Crippen LogP contribution in [0.5, 0.6) is 0 Å². The van der Waals surface area contributed by atoms with Crippen LogP contribution in [0, 0.1) is 45.8 Å². The number of rotatable bonds is 11. The summed E-state index contributed by atoms with van der Waals surface area (Å²) in [5.74, 6) is 0.809. The zero-order valence-corrected chi connectivity index (χ0v) is 26.5. The van der Waals surface area contributed by atoms with Crippen molar-refractivity contribution in [1.82, 2.24) is 0 Å². The highest BCUT2D eigenvalue weighted by Crippen LogP contribution is 2.82. The maximum Gasteiger partial charge on any atom is 0.320 e. The van der Waals surface area contributed by atoms with E-state index in [0.717, 1.165) is 37.2 Å². The Balaban J connectivity index is 1.52. The molecule has 10 atom stereocenters. The number of allylic oxidation sites excluding steroid dienone is 1. The molecule has 0 radical (unpaired) electrons. The van der Waals surface area contributed by atoms with Gasteiger partial charge in [0.1, 0.15) is 11.7 Å². The van der Waals surface area contributed by atoms with Crippen LogP contribution in [-0.2, 0) is 28.5 Å². The minimum Gasteiger partial charge on any atom is -0.438 e. The molecule has 1 heterocycles. The zero-order valence-electron chi connectivity index (χ0n) is 25.5. The first-order chi connectivity index (χ1) is 18.8. The summed E-state index contributed by atoms with van der Waals surface area (Å²) in [5.41, 5.74) is -1.46. The molecule has 1 aliphatic heterocycles. The third-order valence-corrected chi connectivity index (χ3v) is 12.9. The number of aliphatic hydroxyl groups is 1. The van der Waals surface area contributed by atoms with Gasteiger partial charge in [-0.1, -0.05) is 64.6 Å². The fourth-order valence-electron chi connectivity index (χ4n) is 9.27. The average Bonchev–Trinajstić information content (AvgIpc) is 3.45. The van der Waals surface area contributed by atoms with Crippen LogP contribution in [-0.4, -0.2) is 63.9 Å². The number of ether oxygens (including phenoxy) is 4. The second-order valence-corrected chi connectivity index (χ2v) is 20.5. The molecule has 1 N–H and O–H groups in total. The summed E-state index contributed by atoms with van der Waals surface area (Å²) < 4.78 is 24.3. The Bertz CT molecular complexity index is 1050. The molecular weight excluding hydrogens is 524 g/mol. The molecule has 4 aliphatic carbocycles. The highest BCUT2D eigenvalue weighted by atomic mass is 28.3. The lowest BCUT2D eigenvalue weighted by Gasteiger charge is -2.59. The first-order valence-electron chi connectivity index (χ1n) is 15.4. The molecule has 0 unspecified atom stereocenters. The van der Waals surface area contributed by atoms with Gasteiger partial charge >= 0.3 is 5.97 Å². The number of fused-ring (bicyclic) bond motifs is 2. The molecule has 4 bridgehead atoms. The van der Waals surface area contributed by atoms with E-state index >= 15 is 0 Å². The molecule has 0 saturated heterocycles. The number of esters is 1. The van der Waals surface area contributed by atoms with Gasteiger partial charge in [0.15, 0.2) is 13.1 Å². The maximum absolute atomic E-state index is 14.7. The minimum atomic E-state index is -1.28. The molecule has 3 saturated carbocycles. The van der Waals surface area contributed by atoms with E-state index in [2.05, 4.69) is 46.5 Å². The monoisotopic (exact) mass is 574 g/mol. The summed E-state index contributed by atoms with van der Waals surface area (Å²) >= 11 is 0. The van der Waals surface area contributed by atoms with Crippen LogP contribution in [0.1, 0.15) is 53.4 Å². The number of aliphatic hydroxyl groups excluding tert-OH is 1. The summed E-state index contributed by atoms with van der Waals surface area (Å²) in [6.07, 6.45) is 8.75. The largest absolute Gasteiger partial charge is 0.438 e. The highest BCUT2D eigenvalue weighted by molar-refractivity contribution is 6.76.